The zero-order chi connectivity index (χ0) is 21.2. The topological polar surface area (TPSA) is 143 Å². The summed E-state index contributed by atoms with van der Waals surface area (Å²) in [5.41, 5.74) is 0. The molecule has 0 aliphatic carbocycles. The second-order valence-electron chi connectivity index (χ2n) is 6.07. The van der Waals surface area contributed by atoms with Crippen LogP contribution in [0.3, 0.4) is 0 Å². The number of carbonyl (C=O) groups is 4. The Morgan fingerprint density at radius 2 is 1.57 bits per heavy atom. The number of carboxylic acids is 1. The van der Waals surface area contributed by atoms with Crippen LogP contribution in [0.2, 0.25) is 0 Å². The van der Waals surface area contributed by atoms with Gasteiger partial charge in [0.1, 0.15) is 12.6 Å². The fourth-order valence-electron chi connectivity index (χ4n) is 2.02. The van der Waals surface area contributed by atoms with Crippen LogP contribution in [0.4, 0.5) is 0 Å². The molecule has 0 rings (SSSR count). The Labute approximate surface area is 165 Å². The van der Waals surface area contributed by atoms with Gasteiger partial charge in [-0.25, -0.2) is 4.79 Å². The lowest BCUT2D eigenvalue weighted by molar-refractivity contribution is -0.142. The molecule has 0 bridgehead atoms. The zero-order valence-corrected chi connectivity index (χ0v) is 16.8. The van der Waals surface area contributed by atoms with E-state index in [1.807, 2.05) is 6.92 Å². The van der Waals surface area contributed by atoms with Crippen molar-refractivity contribution in [1.29, 1.82) is 0 Å². The summed E-state index contributed by atoms with van der Waals surface area (Å²) in [6, 6.07) is -1.08. The first kappa shape index (κ1) is 25.8. The van der Waals surface area contributed by atoms with Gasteiger partial charge in [0.25, 0.3) is 0 Å². The van der Waals surface area contributed by atoms with Gasteiger partial charge in [-0.15, -0.1) is 0 Å². The first-order chi connectivity index (χ1) is 13.4. The zero-order valence-electron chi connectivity index (χ0n) is 16.8. The van der Waals surface area contributed by atoms with Gasteiger partial charge in [0, 0.05) is 25.9 Å². The van der Waals surface area contributed by atoms with Crippen LogP contribution < -0.4 is 16.0 Å². The predicted octanol–water partition coefficient (Wildman–Crippen LogP) is -0.188. The van der Waals surface area contributed by atoms with Gasteiger partial charge in [0.15, 0.2) is 0 Å². The molecule has 28 heavy (non-hydrogen) atoms. The van der Waals surface area contributed by atoms with Crippen molar-refractivity contribution in [3.05, 3.63) is 0 Å². The highest BCUT2D eigenvalue weighted by Crippen LogP contribution is 1.99. The molecule has 0 aromatic rings. The Morgan fingerprint density at radius 1 is 0.893 bits per heavy atom. The Bertz CT molecular complexity index is 486. The summed E-state index contributed by atoms with van der Waals surface area (Å²) in [6.45, 7) is 5.41. The van der Waals surface area contributed by atoms with Crippen LogP contribution in [0.25, 0.3) is 0 Å². The molecule has 0 fully saturated rings. The third-order valence-electron chi connectivity index (χ3n) is 3.64. The number of rotatable bonds is 17. The quantitative estimate of drug-likeness (QED) is 0.247. The third-order valence-corrected chi connectivity index (χ3v) is 3.64. The fourth-order valence-corrected chi connectivity index (χ4v) is 2.02. The highest BCUT2D eigenvalue weighted by Gasteiger charge is 2.20. The molecular weight excluding hydrogens is 370 g/mol. The third kappa shape index (κ3) is 14.9. The van der Waals surface area contributed by atoms with Crippen LogP contribution in [0, 0.1) is 0 Å². The van der Waals surface area contributed by atoms with Gasteiger partial charge in [-0.3, -0.25) is 14.4 Å². The lowest BCUT2D eigenvalue weighted by atomic mass is 10.1. The highest BCUT2D eigenvalue weighted by molar-refractivity contribution is 5.84. The molecule has 10 nitrogen and oxygen atoms in total. The van der Waals surface area contributed by atoms with Gasteiger partial charge in [-0.1, -0.05) is 20.3 Å². The monoisotopic (exact) mass is 403 g/mol. The maximum absolute atomic E-state index is 11.7. The minimum atomic E-state index is -1.17. The number of ether oxygens (including phenoxy) is 2. The van der Waals surface area contributed by atoms with Crippen molar-refractivity contribution in [1.82, 2.24) is 16.0 Å². The predicted molar refractivity (Wildman–Crippen MR) is 102 cm³/mol. The van der Waals surface area contributed by atoms with Crippen LogP contribution in [-0.2, 0) is 28.7 Å². The average molecular weight is 403 g/mol. The molecule has 1 atom stereocenters. The van der Waals surface area contributed by atoms with Crippen molar-refractivity contribution < 1.29 is 33.8 Å². The van der Waals surface area contributed by atoms with Crippen molar-refractivity contribution in [2.75, 3.05) is 39.5 Å². The van der Waals surface area contributed by atoms with Crippen molar-refractivity contribution in [2.45, 2.75) is 52.0 Å². The molecule has 1 unspecified atom stereocenters. The summed E-state index contributed by atoms with van der Waals surface area (Å²) in [5.74, 6) is -2.02. The maximum atomic E-state index is 11.7. The van der Waals surface area contributed by atoms with E-state index in [0.29, 0.717) is 13.2 Å². The molecule has 0 radical (unpaired) electrons. The Morgan fingerprint density at radius 3 is 2.21 bits per heavy atom. The van der Waals surface area contributed by atoms with Crippen LogP contribution in [0.15, 0.2) is 0 Å². The van der Waals surface area contributed by atoms with Gasteiger partial charge in [-0.2, -0.15) is 0 Å². The standard InChI is InChI=1S/C18H33N3O7/c1-3-5-8-19-17(24)13-28-12-11-27-10-9-20-16(23)7-6-14(18(25)26)21-15(22)4-2/h14H,3-13H2,1-2H3,(H,19,24)(H,20,23)(H,21,22)(H,25,26). The number of nitrogens with one attached hydrogen (secondary N) is 3. The Balaban J connectivity index is 3.65. The molecule has 0 saturated carbocycles. The van der Waals surface area contributed by atoms with Gasteiger partial charge in [0.2, 0.25) is 17.7 Å². The molecule has 3 amide bonds. The Kier molecular flexibility index (Phi) is 15.6. The minimum absolute atomic E-state index is 0.0108. The summed E-state index contributed by atoms with van der Waals surface area (Å²) >= 11 is 0. The molecule has 0 aromatic carbocycles. The van der Waals surface area contributed by atoms with E-state index in [1.165, 1.54) is 0 Å². The minimum Gasteiger partial charge on any atom is -0.480 e. The summed E-state index contributed by atoms with van der Waals surface area (Å²) in [6.07, 6.45) is 2.13. The van der Waals surface area contributed by atoms with E-state index in [4.69, 9.17) is 14.6 Å². The van der Waals surface area contributed by atoms with Gasteiger partial charge < -0.3 is 30.5 Å². The smallest absolute Gasteiger partial charge is 0.326 e. The summed E-state index contributed by atoms with van der Waals surface area (Å²) in [4.78, 5) is 45.4. The molecule has 4 N–H and O–H groups in total. The second kappa shape index (κ2) is 16.9. The summed E-state index contributed by atoms with van der Waals surface area (Å²) in [7, 11) is 0. The number of amides is 3. The van der Waals surface area contributed by atoms with E-state index in [9.17, 15) is 19.2 Å². The van der Waals surface area contributed by atoms with Crippen molar-refractivity contribution in [3.63, 3.8) is 0 Å². The SMILES string of the molecule is CCCCNC(=O)COCCOCCNC(=O)CCC(NC(=O)CC)C(=O)O. The van der Waals surface area contributed by atoms with Gasteiger partial charge >= 0.3 is 5.97 Å². The summed E-state index contributed by atoms with van der Waals surface area (Å²) in [5, 5.41) is 16.7. The normalized spacial score (nSPS) is 11.5. The molecule has 0 aliphatic heterocycles. The number of unbranched alkanes of at least 4 members (excludes halogenated alkanes) is 1. The largest absolute Gasteiger partial charge is 0.480 e. The number of carbonyl (C=O) groups excluding carboxylic acids is 3. The van der Waals surface area contributed by atoms with E-state index in [2.05, 4.69) is 16.0 Å². The lowest BCUT2D eigenvalue weighted by Gasteiger charge is -2.13. The van der Waals surface area contributed by atoms with Crippen LogP contribution in [-0.4, -0.2) is 74.4 Å². The van der Waals surface area contributed by atoms with Crippen molar-refractivity contribution >= 4 is 23.7 Å². The van der Waals surface area contributed by atoms with E-state index in [-0.39, 0.29) is 63.3 Å². The first-order valence-corrected chi connectivity index (χ1v) is 9.61. The Hall–Kier alpha value is -2.20. The summed E-state index contributed by atoms with van der Waals surface area (Å²) < 4.78 is 10.4. The van der Waals surface area contributed by atoms with E-state index < -0.39 is 12.0 Å². The van der Waals surface area contributed by atoms with Crippen LogP contribution in [0.5, 0.6) is 0 Å². The fraction of sp³-hybridized carbons (Fsp3) is 0.778. The van der Waals surface area contributed by atoms with Gasteiger partial charge in [-0.05, 0) is 12.8 Å². The van der Waals surface area contributed by atoms with E-state index in [1.54, 1.807) is 6.92 Å². The average Bonchev–Trinajstić information content (AvgIpc) is 2.66. The van der Waals surface area contributed by atoms with Crippen molar-refractivity contribution in [2.24, 2.45) is 0 Å². The van der Waals surface area contributed by atoms with Crippen LogP contribution in [0.1, 0.15) is 46.0 Å². The number of carboxylic acid groups (broad SMARTS) is 1. The van der Waals surface area contributed by atoms with E-state index >= 15 is 0 Å². The molecule has 0 spiro atoms. The number of aliphatic carboxylic acids is 1. The van der Waals surface area contributed by atoms with Crippen molar-refractivity contribution in [3.8, 4) is 0 Å². The molecule has 162 valence electrons. The highest BCUT2D eigenvalue weighted by atomic mass is 16.5. The molecular formula is C18H33N3O7. The van der Waals surface area contributed by atoms with Gasteiger partial charge in [0.05, 0.1) is 19.8 Å². The molecule has 10 heteroatoms. The van der Waals surface area contributed by atoms with Crippen LogP contribution >= 0.6 is 0 Å². The number of hydrogen-bond acceptors (Lipinski definition) is 6. The molecule has 0 aliphatic rings. The first-order valence-electron chi connectivity index (χ1n) is 9.61. The van der Waals surface area contributed by atoms with E-state index in [0.717, 1.165) is 12.8 Å². The number of hydrogen-bond donors (Lipinski definition) is 4. The molecule has 0 aromatic heterocycles. The molecule has 0 saturated heterocycles. The maximum Gasteiger partial charge on any atom is 0.326 e. The lowest BCUT2D eigenvalue weighted by Crippen LogP contribution is -2.41. The molecule has 0 heterocycles. The second-order valence-corrected chi connectivity index (χ2v) is 6.07.